The second-order valence-electron chi connectivity index (χ2n) is 9.22. The quantitative estimate of drug-likeness (QED) is 0.487. The molecule has 1 aliphatic heterocycles. The van der Waals surface area contributed by atoms with E-state index in [1.807, 2.05) is 18.2 Å². The average Bonchev–Trinajstić information content (AvgIpc) is 2.90. The molecule has 2 aliphatic rings. The molecule has 2 aromatic carbocycles. The zero-order valence-corrected chi connectivity index (χ0v) is 19.5. The summed E-state index contributed by atoms with van der Waals surface area (Å²) in [7, 11) is 0. The third kappa shape index (κ3) is 6.03. The Morgan fingerprint density at radius 2 is 1.46 bits per heavy atom. The molecule has 9 nitrogen and oxygen atoms in total. The highest BCUT2D eigenvalue weighted by Gasteiger charge is 2.33. The average molecular weight is 479 g/mol. The van der Waals surface area contributed by atoms with Gasteiger partial charge >= 0.3 is 0 Å². The van der Waals surface area contributed by atoms with Gasteiger partial charge in [-0.15, -0.1) is 0 Å². The number of likely N-dealkylation sites (tertiary alicyclic amines) is 1. The zero-order valence-electron chi connectivity index (χ0n) is 19.5. The van der Waals surface area contributed by atoms with E-state index < -0.39 is 4.92 Å². The number of amides is 3. The molecule has 1 saturated carbocycles. The number of hydrogen-bond acceptors (Lipinski definition) is 5. The van der Waals surface area contributed by atoms with Gasteiger partial charge in [0.2, 0.25) is 5.91 Å². The fraction of sp³-hybridized carbons (Fsp3) is 0.423. The molecule has 3 amide bonds. The van der Waals surface area contributed by atoms with E-state index >= 15 is 0 Å². The van der Waals surface area contributed by atoms with Crippen molar-refractivity contribution < 1.29 is 19.3 Å². The van der Waals surface area contributed by atoms with Crippen LogP contribution in [-0.4, -0.2) is 52.7 Å². The molecule has 1 aliphatic carbocycles. The van der Waals surface area contributed by atoms with Gasteiger partial charge in [0, 0.05) is 54.4 Å². The van der Waals surface area contributed by atoms with E-state index in [9.17, 15) is 24.5 Å². The Labute approximate surface area is 204 Å². The molecule has 4 rings (SSSR count). The van der Waals surface area contributed by atoms with Crippen molar-refractivity contribution in [2.75, 3.05) is 13.1 Å². The molecule has 35 heavy (non-hydrogen) atoms. The molecular formula is C26H30N4O5. The summed E-state index contributed by atoms with van der Waals surface area (Å²) < 4.78 is 0. The van der Waals surface area contributed by atoms with Gasteiger partial charge in [0.25, 0.3) is 17.5 Å². The van der Waals surface area contributed by atoms with E-state index in [2.05, 4.69) is 10.6 Å². The second kappa shape index (κ2) is 11.1. The Hall–Kier alpha value is -3.75. The number of nitro groups is 1. The van der Waals surface area contributed by atoms with E-state index in [0.717, 1.165) is 25.7 Å². The number of piperidine rings is 1. The lowest BCUT2D eigenvalue weighted by Gasteiger charge is -2.36. The molecule has 1 heterocycles. The fourth-order valence-corrected chi connectivity index (χ4v) is 4.90. The third-order valence-corrected chi connectivity index (χ3v) is 6.90. The number of benzene rings is 2. The predicted molar refractivity (Wildman–Crippen MR) is 130 cm³/mol. The van der Waals surface area contributed by atoms with E-state index in [-0.39, 0.29) is 47.0 Å². The van der Waals surface area contributed by atoms with Crippen LogP contribution in [0.25, 0.3) is 0 Å². The van der Waals surface area contributed by atoms with E-state index in [1.165, 1.54) is 18.2 Å². The Morgan fingerprint density at radius 3 is 2.11 bits per heavy atom. The molecule has 2 fully saturated rings. The lowest BCUT2D eigenvalue weighted by molar-refractivity contribution is -0.384. The van der Waals surface area contributed by atoms with Gasteiger partial charge in [0.1, 0.15) is 0 Å². The number of carbonyl (C=O) groups is 3. The van der Waals surface area contributed by atoms with Crippen molar-refractivity contribution in [2.45, 2.75) is 50.6 Å². The molecule has 2 N–H and O–H groups in total. The van der Waals surface area contributed by atoms with Crippen LogP contribution in [0.15, 0.2) is 54.6 Å². The zero-order chi connectivity index (χ0) is 24.8. The minimum absolute atomic E-state index is 0.0432. The fourth-order valence-electron chi connectivity index (χ4n) is 4.90. The highest BCUT2D eigenvalue weighted by Crippen LogP contribution is 2.24. The normalized spacial score (nSPS) is 20.6. The van der Waals surface area contributed by atoms with Crippen molar-refractivity contribution in [1.29, 1.82) is 0 Å². The smallest absolute Gasteiger partial charge is 0.270 e. The Bertz CT molecular complexity index is 1080. The molecule has 1 saturated heterocycles. The van der Waals surface area contributed by atoms with Crippen molar-refractivity contribution in [3.8, 4) is 0 Å². The van der Waals surface area contributed by atoms with Crippen molar-refractivity contribution in [1.82, 2.24) is 15.5 Å². The van der Waals surface area contributed by atoms with Crippen LogP contribution in [0.3, 0.4) is 0 Å². The lowest BCUT2D eigenvalue weighted by Crippen LogP contribution is -2.55. The van der Waals surface area contributed by atoms with Crippen LogP contribution >= 0.6 is 0 Å². The van der Waals surface area contributed by atoms with E-state index in [4.69, 9.17) is 0 Å². The highest BCUT2D eigenvalue weighted by atomic mass is 16.6. The van der Waals surface area contributed by atoms with Gasteiger partial charge in [-0.3, -0.25) is 24.5 Å². The van der Waals surface area contributed by atoms with Gasteiger partial charge in [-0.05, 0) is 43.9 Å². The Kier molecular flexibility index (Phi) is 7.74. The number of nitrogens with zero attached hydrogens (tertiary/aromatic N) is 2. The first kappa shape index (κ1) is 24.4. The van der Waals surface area contributed by atoms with Crippen LogP contribution in [0.5, 0.6) is 0 Å². The van der Waals surface area contributed by atoms with Crippen LogP contribution in [0.4, 0.5) is 5.69 Å². The van der Waals surface area contributed by atoms with Gasteiger partial charge in [-0.25, -0.2) is 0 Å². The maximum atomic E-state index is 13.0. The molecule has 184 valence electrons. The summed E-state index contributed by atoms with van der Waals surface area (Å²) in [5.74, 6) is -0.650. The number of nitrogens with one attached hydrogen (secondary N) is 2. The molecule has 9 heteroatoms. The van der Waals surface area contributed by atoms with Gasteiger partial charge in [0.05, 0.1) is 4.92 Å². The topological polar surface area (TPSA) is 122 Å². The maximum absolute atomic E-state index is 13.0. The largest absolute Gasteiger partial charge is 0.351 e. The second-order valence-corrected chi connectivity index (χ2v) is 9.22. The van der Waals surface area contributed by atoms with Crippen LogP contribution in [0, 0.1) is 16.0 Å². The standard InChI is InChI=1S/C26H30N4O5/c31-24(18-7-2-1-3-8-18)27-22-11-4-5-12-23(22)28-25(32)19-13-15-29(16-14-19)26(33)20-9-6-10-21(17-20)30(34)35/h1-3,6-10,17,19,22-23H,4-5,11-16H2,(H,27,31)(H,28,32)/t22-,23-/m1/s1. The summed E-state index contributed by atoms with van der Waals surface area (Å²) in [6.45, 7) is 0.830. The number of non-ortho nitro benzene ring substituents is 1. The van der Waals surface area contributed by atoms with Crippen LogP contribution in [0.1, 0.15) is 59.2 Å². The first-order valence-corrected chi connectivity index (χ1v) is 12.1. The molecule has 0 radical (unpaired) electrons. The minimum Gasteiger partial charge on any atom is -0.351 e. The molecule has 0 unspecified atom stereocenters. The summed E-state index contributed by atoms with van der Waals surface area (Å²) in [5.41, 5.74) is 0.761. The number of carbonyl (C=O) groups excluding carboxylic acids is 3. The molecule has 0 spiro atoms. The first-order valence-electron chi connectivity index (χ1n) is 12.1. The predicted octanol–water partition coefficient (Wildman–Crippen LogP) is 3.30. The summed E-state index contributed by atoms with van der Waals surface area (Å²) in [5, 5.41) is 17.3. The van der Waals surface area contributed by atoms with Gasteiger partial charge in [-0.2, -0.15) is 0 Å². The minimum atomic E-state index is -0.520. The van der Waals surface area contributed by atoms with Crippen LogP contribution in [0.2, 0.25) is 0 Å². The first-order chi connectivity index (χ1) is 16.9. The Balaban J connectivity index is 1.30. The van der Waals surface area contributed by atoms with Crippen molar-refractivity contribution in [2.24, 2.45) is 5.92 Å². The summed E-state index contributed by atoms with van der Waals surface area (Å²) in [6.07, 6.45) is 4.69. The van der Waals surface area contributed by atoms with Crippen molar-refractivity contribution in [3.05, 3.63) is 75.8 Å². The summed E-state index contributed by atoms with van der Waals surface area (Å²) in [6, 6.07) is 14.5. The Morgan fingerprint density at radius 1 is 0.829 bits per heavy atom. The molecule has 2 atom stereocenters. The number of nitro benzene ring substituents is 1. The third-order valence-electron chi connectivity index (χ3n) is 6.90. The number of hydrogen-bond donors (Lipinski definition) is 2. The summed E-state index contributed by atoms with van der Waals surface area (Å²) in [4.78, 5) is 50.6. The van der Waals surface area contributed by atoms with E-state index in [1.54, 1.807) is 23.1 Å². The highest BCUT2D eigenvalue weighted by molar-refractivity contribution is 5.95. The van der Waals surface area contributed by atoms with Crippen LogP contribution < -0.4 is 10.6 Å². The molecule has 0 aromatic heterocycles. The molecule has 0 bridgehead atoms. The van der Waals surface area contributed by atoms with Gasteiger partial charge < -0.3 is 15.5 Å². The number of rotatable bonds is 6. The maximum Gasteiger partial charge on any atom is 0.270 e. The summed E-state index contributed by atoms with van der Waals surface area (Å²) >= 11 is 0. The van der Waals surface area contributed by atoms with E-state index in [0.29, 0.717) is 31.5 Å². The van der Waals surface area contributed by atoms with Gasteiger partial charge in [0.15, 0.2) is 0 Å². The van der Waals surface area contributed by atoms with Crippen molar-refractivity contribution in [3.63, 3.8) is 0 Å². The van der Waals surface area contributed by atoms with Crippen LogP contribution in [-0.2, 0) is 4.79 Å². The molecule has 2 aromatic rings. The van der Waals surface area contributed by atoms with Crippen molar-refractivity contribution >= 4 is 23.4 Å². The monoisotopic (exact) mass is 478 g/mol. The molecular weight excluding hydrogens is 448 g/mol. The van der Waals surface area contributed by atoms with Gasteiger partial charge in [-0.1, -0.05) is 37.1 Å². The SMILES string of the molecule is O=C(N[C@@H]1CCCC[C@H]1NC(=O)C1CCN(C(=O)c2cccc([N+](=O)[O-])c2)CC1)c1ccccc1. The lowest BCUT2D eigenvalue weighted by atomic mass is 9.88.